The van der Waals surface area contributed by atoms with E-state index >= 15 is 0 Å². The van der Waals surface area contributed by atoms with E-state index in [0.717, 1.165) is 51.1 Å². The summed E-state index contributed by atoms with van der Waals surface area (Å²) in [5.74, 6) is 5.02. The lowest BCUT2D eigenvalue weighted by molar-refractivity contribution is -0.00226. The Balaban J connectivity index is 1.99. The molecule has 0 spiro atoms. The van der Waals surface area contributed by atoms with E-state index in [9.17, 15) is 4.79 Å². The van der Waals surface area contributed by atoms with Crippen LogP contribution in [0.4, 0.5) is 0 Å². The largest absolute Gasteiger partial charge is 0.377 e. The molecule has 1 fully saturated rings. The molecule has 1 amide bonds. The van der Waals surface area contributed by atoms with Crippen LogP contribution < -0.4 is 11.3 Å². The molecule has 0 bridgehead atoms. The Hall–Kier alpha value is -1.43. The van der Waals surface area contributed by atoms with Crippen LogP contribution in [0.3, 0.4) is 0 Å². The average Bonchev–Trinajstić information content (AvgIpc) is 2.53. The molecule has 116 valence electrons. The van der Waals surface area contributed by atoms with Gasteiger partial charge in [0.05, 0.1) is 6.10 Å². The highest BCUT2D eigenvalue weighted by Crippen LogP contribution is 2.18. The highest BCUT2D eigenvalue weighted by atomic mass is 16.5. The summed E-state index contributed by atoms with van der Waals surface area (Å²) in [6.07, 6.45) is 3.63. The second-order valence-electron chi connectivity index (χ2n) is 5.50. The van der Waals surface area contributed by atoms with Crippen LogP contribution in [0.1, 0.15) is 42.1 Å². The van der Waals surface area contributed by atoms with Gasteiger partial charge in [-0.05, 0) is 37.4 Å². The first-order valence-electron chi connectivity index (χ1n) is 7.67. The van der Waals surface area contributed by atoms with Crippen molar-refractivity contribution in [1.82, 2.24) is 10.3 Å². The SMILES string of the molecule is CCCOC1CCCN(Cc2ccccc2C(=O)NN)C1. The zero-order valence-corrected chi connectivity index (χ0v) is 12.7. The fraction of sp³-hybridized carbons (Fsp3) is 0.562. The molecule has 1 aliphatic heterocycles. The monoisotopic (exact) mass is 291 g/mol. The van der Waals surface area contributed by atoms with Crippen molar-refractivity contribution in [2.24, 2.45) is 5.84 Å². The molecule has 1 aromatic rings. The number of nitrogens with one attached hydrogen (secondary N) is 1. The van der Waals surface area contributed by atoms with Crippen molar-refractivity contribution >= 4 is 5.91 Å². The lowest BCUT2D eigenvalue weighted by Crippen LogP contribution is -2.40. The van der Waals surface area contributed by atoms with Gasteiger partial charge >= 0.3 is 0 Å². The molecule has 0 saturated carbocycles. The fourth-order valence-electron chi connectivity index (χ4n) is 2.78. The maximum absolute atomic E-state index is 11.8. The van der Waals surface area contributed by atoms with Gasteiger partial charge in [0.2, 0.25) is 0 Å². The number of likely N-dealkylation sites (tertiary alicyclic amines) is 1. The first-order valence-corrected chi connectivity index (χ1v) is 7.67. The van der Waals surface area contributed by atoms with Crippen molar-refractivity contribution in [3.63, 3.8) is 0 Å². The van der Waals surface area contributed by atoms with Crippen molar-refractivity contribution in [3.8, 4) is 0 Å². The van der Waals surface area contributed by atoms with Gasteiger partial charge in [0.25, 0.3) is 5.91 Å². The van der Waals surface area contributed by atoms with Gasteiger partial charge in [-0.25, -0.2) is 5.84 Å². The molecule has 1 atom stereocenters. The summed E-state index contributed by atoms with van der Waals surface area (Å²) in [7, 11) is 0. The van der Waals surface area contributed by atoms with Gasteiger partial charge in [0.15, 0.2) is 0 Å². The fourth-order valence-corrected chi connectivity index (χ4v) is 2.78. The number of rotatable bonds is 6. The molecule has 1 heterocycles. The number of hydrazine groups is 1. The molecule has 5 heteroatoms. The van der Waals surface area contributed by atoms with Gasteiger partial charge in [-0.15, -0.1) is 0 Å². The van der Waals surface area contributed by atoms with E-state index in [0.29, 0.717) is 11.7 Å². The van der Waals surface area contributed by atoms with Gasteiger partial charge in [-0.1, -0.05) is 25.1 Å². The van der Waals surface area contributed by atoms with Crippen LogP contribution in [0, 0.1) is 0 Å². The van der Waals surface area contributed by atoms with Crippen molar-refractivity contribution < 1.29 is 9.53 Å². The Morgan fingerprint density at radius 3 is 3.05 bits per heavy atom. The molecule has 1 aliphatic rings. The molecular formula is C16H25N3O2. The highest BCUT2D eigenvalue weighted by molar-refractivity contribution is 5.95. The lowest BCUT2D eigenvalue weighted by atomic mass is 10.0. The van der Waals surface area contributed by atoms with Gasteiger partial charge in [0.1, 0.15) is 0 Å². The molecular weight excluding hydrogens is 266 g/mol. The molecule has 3 N–H and O–H groups in total. The summed E-state index contributed by atoms with van der Waals surface area (Å²) in [5.41, 5.74) is 3.87. The molecule has 0 aliphatic carbocycles. The van der Waals surface area contributed by atoms with Crippen LogP contribution in [0.2, 0.25) is 0 Å². The summed E-state index contributed by atoms with van der Waals surface area (Å²) < 4.78 is 5.86. The number of hydrogen-bond donors (Lipinski definition) is 2. The number of ether oxygens (including phenoxy) is 1. The molecule has 1 unspecified atom stereocenters. The zero-order chi connectivity index (χ0) is 15.1. The highest BCUT2D eigenvalue weighted by Gasteiger charge is 2.21. The number of hydrogen-bond acceptors (Lipinski definition) is 4. The molecule has 5 nitrogen and oxygen atoms in total. The van der Waals surface area contributed by atoms with E-state index in [-0.39, 0.29) is 5.91 Å². The van der Waals surface area contributed by atoms with Crippen LogP contribution in [-0.4, -0.2) is 36.6 Å². The van der Waals surface area contributed by atoms with Crippen LogP contribution in [-0.2, 0) is 11.3 Å². The van der Waals surface area contributed by atoms with Crippen molar-refractivity contribution in [2.75, 3.05) is 19.7 Å². The minimum Gasteiger partial charge on any atom is -0.377 e. The number of nitrogens with zero attached hydrogens (tertiary/aromatic N) is 1. The predicted octanol–water partition coefficient (Wildman–Crippen LogP) is 1.68. The third-order valence-corrected chi connectivity index (χ3v) is 3.81. The molecule has 0 radical (unpaired) electrons. The maximum atomic E-state index is 11.8. The predicted molar refractivity (Wildman–Crippen MR) is 82.6 cm³/mol. The summed E-state index contributed by atoms with van der Waals surface area (Å²) >= 11 is 0. The van der Waals surface area contributed by atoms with E-state index in [2.05, 4.69) is 17.2 Å². The van der Waals surface area contributed by atoms with Crippen molar-refractivity contribution in [2.45, 2.75) is 38.8 Å². The third kappa shape index (κ3) is 4.52. The van der Waals surface area contributed by atoms with E-state index in [1.165, 1.54) is 0 Å². The van der Waals surface area contributed by atoms with Crippen LogP contribution in [0.5, 0.6) is 0 Å². The molecule has 2 rings (SSSR count). The molecule has 1 aromatic carbocycles. The van der Waals surface area contributed by atoms with Crippen molar-refractivity contribution in [3.05, 3.63) is 35.4 Å². The van der Waals surface area contributed by atoms with Crippen LogP contribution >= 0.6 is 0 Å². The van der Waals surface area contributed by atoms with Gasteiger partial charge < -0.3 is 4.74 Å². The summed E-state index contributed by atoms with van der Waals surface area (Å²) in [4.78, 5) is 14.2. The van der Waals surface area contributed by atoms with Crippen molar-refractivity contribution in [1.29, 1.82) is 0 Å². The zero-order valence-electron chi connectivity index (χ0n) is 12.7. The number of amides is 1. The summed E-state index contributed by atoms with van der Waals surface area (Å²) in [5, 5.41) is 0. The lowest BCUT2D eigenvalue weighted by Gasteiger charge is -2.33. The Bertz CT molecular complexity index is 465. The molecule has 21 heavy (non-hydrogen) atoms. The maximum Gasteiger partial charge on any atom is 0.265 e. The van der Waals surface area contributed by atoms with E-state index in [1.807, 2.05) is 24.3 Å². The third-order valence-electron chi connectivity index (χ3n) is 3.81. The van der Waals surface area contributed by atoms with E-state index < -0.39 is 0 Å². The second kappa shape index (κ2) is 8.12. The molecule has 1 saturated heterocycles. The normalized spacial score (nSPS) is 19.4. The number of nitrogens with two attached hydrogens (primary N) is 1. The minimum atomic E-state index is -0.235. The average molecular weight is 291 g/mol. The number of nitrogen functional groups attached to an aromatic ring is 1. The van der Waals surface area contributed by atoms with E-state index in [1.54, 1.807) is 0 Å². The Morgan fingerprint density at radius 2 is 2.29 bits per heavy atom. The van der Waals surface area contributed by atoms with Gasteiger partial charge in [0, 0.05) is 25.3 Å². The Kier molecular flexibility index (Phi) is 6.17. The van der Waals surface area contributed by atoms with Crippen LogP contribution in [0.15, 0.2) is 24.3 Å². The Morgan fingerprint density at radius 1 is 1.48 bits per heavy atom. The number of carbonyl (C=O) groups is 1. The Labute approximate surface area is 126 Å². The molecule has 0 aromatic heterocycles. The number of piperidine rings is 1. The first-order chi connectivity index (χ1) is 10.2. The number of carbonyl (C=O) groups excluding carboxylic acids is 1. The minimum absolute atomic E-state index is 0.235. The second-order valence-corrected chi connectivity index (χ2v) is 5.50. The topological polar surface area (TPSA) is 67.6 Å². The van der Waals surface area contributed by atoms with Gasteiger partial charge in [-0.3, -0.25) is 15.1 Å². The first kappa shape index (κ1) is 15.9. The standard InChI is InChI=1S/C16H25N3O2/c1-2-10-21-14-7-5-9-19(12-14)11-13-6-3-4-8-15(13)16(20)18-17/h3-4,6,8,14H,2,5,7,9-12,17H2,1H3,(H,18,20). The summed E-state index contributed by atoms with van der Waals surface area (Å²) in [6.45, 7) is 5.69. The summed E-state index contributed by atoms with van der Waals surface area (Å²) in [6, 6.07) is 7.61. The smallest absolute Gasteiger partial charge is 0.265 e. The number of benzene rings is 1. The quantitative estimate of drug-likeness (QED) is 0.475. The van der Waals surface area contributed by atoms with Gasteiger partial charge in [-0.2, -0.15) is 0 Å². The van der Waals surface area contributed by atoms with Crippen LogP contribution in [0.25, 0.3) is 0 Å². The van der Waals surface area contributed by atoms with E-state index in [4.69, 9.17) is 10.6 Å².